The third kappa shape index (κ3) is 5.16. The molecule has 2 amide bonds. The number of aryl methyl sites for hydroxylation is 1. The van der Waals surface area contributed by atoms with Crippen LogP contribution < -0.4 is 5.32 Å². The number of hydrogen-bond acceptors (Lipinski definition) is 2. The molecule has 0 atom stereocenters. The van der Waals surface area contributed by atoms with Gasteiger partial charge in [0.05, 0.1) is 18.4 Å². The van der Waals surface area contributed by atoms with Gasteiger partial charge >= 0.3 is 12.2 Å². The lowest BCUT2D eigenvalue weighted by molar-refractivity contribution is -0.137. The van der Waals surface area contributed by atoms with E-state index in [1.807, 2.05) is 25.1 Å². The van der Waals surface area contributed by atoms with E-state index < -0.39 is 11.7 Å². The van der Waals surface area contributed by atoms with Crippen molar-refractivity contribution >= 4 is 11.7 Å². The largest absolute Gasteiger partial charge is 0.467 e. The van der Waals surface area contributed by atoms with Crippen LogP contribution in [0.15, 0.2) is 71.3 Å². The molecule has 146 valence electrons. The summed E-state index contributed by atoms with van der Waals surface area (Å²) in [4.78, 5) is 14.2. The van der Waals surface area contributed by atoms with Crippen molar-refractivity contribution in [1.82, 2.24) is 4.90 Å². The molecule has 0 radical (unpaired) electrons. The first-order chi connectivity index (χ1) is 13.3. The second-order valence-electron chi connectivity index (χ2n) is 6.43. The second kappa shape index (κ2) is 8.21. The molecule has 2 aromatic carbocycles. The molecule has 1 N–H and O–H groups in total. The number of alkyl halides is 3. The maximum absolute atomic E-state index is 12.8. The average Bonchev–Trinajstić information content (AvgIpc) is 3.14. The van der Waals surface area contributed by atoms with Gasteiger partial charge in [-0.25, -0.2) is 4.79 Å². The fraction of sp³-hybridized carbons (Fsp3) is 0.190. The first-order valence-corrected chi connectivity index (χ1v) is 8.62. The third-order valence-electron chi connectivity index (χ3n) is 4.14. The molecule has 0 aliphatic carbocycles. The van der Waals surface area contributed by atoms with E-state index in [0.29, 0.717) is 17.0 Å². The van der Waals surface area contributed by atoms with Crippen LogP contribution in [-0.4, -0.2) is 10.9 Å². The number of anilines is 1. The van der Waals surface area contributed by atoms with Gasteiger partial charge in [0, 0.05) is 12.2 Å². The van der Waals surface area contributed by atoms with E-state index in [2.05, 4.69) is 5.32 Å². The Kier molecular flexibility index (Phi) is 5.73. The molecule has 0 saturated carbocycles. The van der Waals surface area contributed by atoms with Crippen molar-refractivity contribution in [3.63, 3.8) is 0 Å². The number of halogens is 3. The molecule has 0 aliphatic rings. The summed E-state index contributed by atoms with van der Waals surface area (Å²) in [6, 6.07) is 15.2. The van der Waals surface area contributed by atoms with Crippen LogP contribution in [0.1, 0.15) is 22.5 Å². The van der Waals surface area contributed by atoms with Crippen LogP contribution in [0.3, 0.4) is 0 Å². The number of hydrogen-bond donors (Lipinski definition) is 1. The van der Waals surface area contributed by atoms with Crippen molar-refractivity contribution in [2.45, 2.75) is 26.2 Å². The number of amides is 2. The molecule has 0 unspecified atom stereocenters. The molecular weight excluding hydrogens is 369 g/mol. The van der Waals surface area contributed by atoms with Crippen molar-refractivity contribution in [3.05, 3.63) is 89.4 Å². The van der Waals surface area contributed by atoms with Gasteiger partial charge in [0.25, 0.3) is 0 Å². The number of furan rings is 1. The number of benzene rings is 2. The van der Waals surface area contributed by atoms with Crippen LogP contribution in [0, 0.1) is 6.92 Å². The van der Waals surface area contributed by atoms with E-state index in [1.165, 1.54) is 23.3 Å². The van der Waals surface area contributed by atoms with Crippen molar-refractivity contribution in [1.29, 1.82) is 0 Å². The van der Waals surface area contributed by atoms with E-state index in [9.17, 15) is 18.0 Å². The Bertz CT molecular complexity index is 920. The van der Waals surface area contributed by atoms with Crippen LogP contribution in [0.4, 0.5) is 23.7 Å². The summed E-state index contributed by atoms with van der Waals surface area (Å²) >= 11 is 0. The summed E-state index contributed by atoms with van der Waals surface area (Å²) in [5, 5.41) is 2.82. The lowest BCUT2D eigenvalue weighted by Gasteiger charge is -2.23. The molecule has 7 heteroatoms. The summed E-state index contributed by atoms with van der Waals surface area (Å²) in [5.74, 6) is 0.575. The van der Waals surface area contributed by atoms with Gasteiger partial charge in [0.1, 0.15) is 5.76 Å². The predicted molar refractivity (Wildman–Crippen MR) is 99.6 cm³/mol. The lowest BCUT2D eigenvalue weighted by Crippen LogP contribution is -2.34. The second-order valence-corrected chi connectivity index (χ2v) is 6.43. The highest BCUT2D eigenvalue weighted by Gasteiger charge is 2.30. The van der Waals surface area contributed by atoms with E-state index in [0.717, 1.165) is 17.7 Å². The fourth-order valence-corrected chi connectivity index (χ4v) is 2.74. The van der Waals surface area contributed by atoms with Crippen LogP contribution in [0.25, 0.3) is 0 Å². The monoisotopic (exact) mass is 388 g/mol. The van der Waals surface area contributed by atoms with Gasteiger partial charge in [-0.1, -0.05) is 24.3 Å². The Labute approximate surface area is 160 Å². The Morgan fingerprint density at radius 1 is 1.04 bits per heavy atom. The van der Waals surface area contributed by atoms with Gasteiger partial charge in [-0.05, 0) is 54.4 Å². The zero-order valence-corrected chi connectivity index (χ0v) is 15.2. The molecule has 0 aliphatic heterocycles. The minimum absolute atomic E-state index is 0.135. The SMILES string of the molecule is Cc1cccc(NC(=O)N(Cc2ccc(C(F)(F)F)cc2)Cc2ccco2)c1. The quantitative estimate of drug-likeness (QED) is 0.597. The molecule has 0 spiro atoms. The van der Waals surface area contributed by atoms with Gasteiger partial charge in [-0.3, -0.25) is 0 Å². The zero-order valence-electron chi connectivity index (χ0n) is 15.2. The Morgan fingerprint density at radius 2 is 1.79 bits per heavy atom. The third-order valence-corrected chi connectivity index (χ3v) is 4.14. The van der Waals surface area contributed by atoms with Gasteiger partial charge in [-0.2, -0.15) is 13.2 Å². The van der Waals surface area contributed by atoms with Crippen LogP contribution in [-0.2, 0) is 19.3 Å². The Morgan fingerprint density at radius 3 is 2.39 bits per heavy atom. The summed E-state index contributed by atoms with van der Waals surface area (Å²) in [5.41, 5.74) is 1.50. The van der Waals surface area contributed by atoms with E-state index in [1.54, 1.807) is 18.2 Å². The molecule has 0 saturated heterocycles. The molecule has 28 heavy (non-hydrogen) atoms. The van der Waals surface area contributed by atoms with Crippen LogP contribution in [0.2, 0.25) is 0 Å². The number of rotatable bonds is 5. The van der Waals surface area contributed by atoms with Gasteiger partial charge in [0.2, 0.25) is 0 Å². The predicted octanol–water partition coefficient (Wildman–Crippen LogP) is 5.84. The number of carbonyl (C=O) groups excluding carboxylic acids is 1. The first kappa shape index (κ1) is 19.5. The summed E-state index contributed by atoms with van der Waals surface area (Å²) in [7, 11) is 0. The minimum Gasteiger partial charge on any atom is -0.467 e. The highest BCUT2D eigenvalue weighted by atomic mass is 19.4. The van der Waals surface area contributed by atoms with Gasteiger partial charge in [-0.15, -0.1) is 0 Å². The van der Waals surface area contributed by atoms with Crippen LogP contribution >= 0.6 is 0 Å². The van der Waals surface area contributed by atoms with Gasteiger partial charge < -0.3 is 14.6 Å². The Hall–Kier alpha value is -3.22. The summed E-state index contributed by atoms with van der Waals surface area (Å²) < 4.78 is 43.6. The van der Waals surface area contributed by atoms with Crippen molar-refractivity contribution in [3.8, 4) is 0 Å². The number of urea groups is 1. The normalized spacial score (nSPS) is 11.3. The minimum atomic E-state index is -4.39. The average molecular weight is 388 g/mol. The molecule has 0 fully saturated rings. The van der Waals surface area contributed by atoms with Crippen molar-refractivity contribution in [2.24, 2.45) is 0 Å². The van der Waals surface area contributed by atoms with Gasteiger partial charge in [0.15, 0.2) is 0 Å². The number of nitrogens with one attached hydrogen (secondary N) is 1. The molecule has 0 bridgehead atoms. The highest BCUT2D eigenvalue weighted by molar-refractivity contribution is 5.89. The molecule has 1 heterocycles. The maximum atomic E-state index is 12.8. The van der Waals surface area contributed by atoms with Crippen molar-refractivity contribution in [2.75, 3.05) is 5.32 Å². The number of carbonyl (C=O) groups is 1. The van der Waals surface area contributed by atoms with Crippen molar-refractivity contribution < 1.29 is 22.4 Å². The molecule has 3 aromatic rings. The van der Waals surface area contributed by atoms with E-state index in [-0.39, 0.29) is 19.1 Å². The molecule has 4 nitrogen and oxygen atoms in total. The lowest BCUT2D eigenvalue weighted by atomic mass is 10.1. The van der Waals surface area contributed by atoms with E-state index >= 15 is 0 Å². The summed E-state index contributed by atoms with van der Waals surface area (Å²) in [6.07, 6.45) is -2.89. The highest BCUT2D eigenvalue weighted by Crippen LogP contribution is 2.29. The summed E-state index contributed by atoms with van der Waals surface area (Å²) in [6.45, 7) is 2.24. The van der Waals surface area contributed by atoms with Crippen LogP contribution in [0.5, 0.6) is 0 Å². The number of nitrogens with zero attached hydrogens (tertiary/aromatic N) is 1. The first-order valence-electron chi connectivity index (χ1n) is 8.62. The topological polar surface area (TPSA) is 45.5 Å². The maximum Gasteiger partial charge on any atom is 0.416 e. The zero-order chi connectivity index (χ0) is 20.1. The smallest absolute Gasteiger partial charge is 0.416 e. The molecule has 1 aromatic heterocycles. The molecule has 3 rings (SSSR count). The Balaban J connectivity index is 1.77. The standard InChI is InChI=1S/C21H19F3N2O2/c1-15-4-2-5-18(12-15)25-20(27)26(14-19-6-3-11-28-19)13-16-7-9-17(10-8-16)21(22,23)24/h2-12H,13-14H2,1H3,(H,25,27). The molecular formula is C21H19F3N2O2. The van der Waals surface area contributed by atoms with E-state index in [4.69, 9.17) is 4.42 Å². The fourth-order valence-electron chi connectivity index (χ4n) is 2.74.